The van der Waals surface area contributed by atoms with Gasteiger partial charge in [0.2, 0.25) is 0 Å². The van der Waals surface area contributed by atoms with Gasteiger partial charge in [-0.3, -0.25) is 18.6 Å². The number of rotatable bonds is 49. The summed E-state index contributed by atoms with van der Waals surface area (Å²) in [5.41, 5.74) is 5.37. The summed E-state index contributed by atoms with van der Waals surface area (Å²) in [6.07, 6.45) is 78.9. The predicted molar refractivity (Wildman–Crippen MR) is 302 cm³/mol. The van der Waals surface area contributed by atoms with E-state index in [2.05, 4.69) is 160 Å². The van der Waals surface area contributed by atoms with E-state index in [-0.39, 0.29) is 32.6 Å². The highest BCUT2D eigenvalue weighted by molar-refractivity contribution is 7.47. The van der Waals surface area contributed by atoms with Crippen LogP contribution in [0.2, 0.25) is 0 Å². The van der Waals surface area contributed by atoms with Crippen LogP contribution < -0.4 is 5.73 Å². The number of esters is 2. The number of unbranched alkanes of at least 4 members (excludes halogenated alkanes) is 12. The van der Waals surface area contributed by atoms with Crippen LogP contribution in [0, 0.1) is 0 Å². The van der Waals surface area contributed by atoms with Crippen molar-refractivity contribution < 1.29 is 37.6 Å². The summed E-state index contributed by atoms with van der Waals surface area (Å²) in [6, 6.07) is 0. The van der Waals surface area contributed by atoms with E-state index in [4.69, 9.17) is 24.3 Å². The summed E-state index contributed by atoms with van der Waals surface area (Å²) in [6.45, 7) is 3.51. The Kier molecular flexibility index (Phi) is 52.0. The molecular weight excluding hydrogens is 906 g/mol. The summed E-state index contributed by atoms with van der Waals surface area (Å²) in [4.78, 5) is 35.1. The molecule has 0 spiro atoms. The van der Waals surface area contributed by atoms with E-state index in [1.165, 1.54) is 44.9 Å². The molecule has 0 aliphatic carbocycles. The molecule has 0 radical (unpaired) electrons. The Morgan fingerprint density at radius 2 is 0.775 bits per heavy atom. The molecule has 0 aromatic carbocycles. The molecule has 0 saturated heterocycles. The van der Waals surface area contributed by atoms with Crippen LogP contribution in [-0.4, -0.2) is 49.3 Å². The maximum Gasteiger partial charge on any atom is 0.472 e. The van der Waals surface area contributed by atoms with E-state index >= 15 is 0 Å². The standard InChI is InChI=1S/C61H98NO8P/c1-3-5-7-9-11-13-15-17-19-21-22-23-24-25-26-27-28-29-30-31-32-33-34-35-36-38-40-42-44-46-48-50-52-54-61(64)70-59(58-69-71(65,66)68-56-55-62)57-67-60(63)53-51-49-47-45-43-41-39-37-20-18-16-14-12-10-8-6-4-2/h5,7,11-14,17-20,22-23,25-26,28-29,31-32,34-35,38,40,44,46,59H,3-4,6,8-10,15-16,21,24,27,30,33,36-37,39,41-43,45,47-58,62H2,1-2H3,(H,65,66)/b7-5-,13-11-,14-12-,19-17-,20-18-,23-22-,26-25-,29-28-,32-31-,35-34-,40-38-,46-44-. The molecule has 0 aromatic rings. The van der Waals surface area contributed by atoms with Gasteiger partial charge in [-0.15, -0.1) is 0 Å². The van der Waals surface area contributed by atoms with Gasteiger partial charge in [-0.1, -0.05) is 205 Å². The Balaban J connectivity index is 4.17. The average Bonchev–Trinajstić information content (AvgIpc) is 3.36. The molecule has 9 nitrogen and oxygen atoms in total. The van der Waals surface area contributed by atoms with Gasteiger partial charge in [0.05, 0.1) is 13.2 Å². The van der Waals surface area contributed by atoms with E-state index in [0.717, 1.165) is 109 Å². The number of allylic oxidation sites excluding steroid dienone is 24. The Morgan fingerprint density at radius 1 is 0.437 bits per heavy atom. The molecule has 3 N–H and O–H groups in total. The van der Waals surface area contributed by atoms with Gasteiger partial charge in [-0.25, -0.2) is 4.57 Å². The molecule has 0 saturated carbocycles. The molecule has 10 heteroatoms. The van der Waals surface area contributed by atoms with Crippen LogP contribution in [0.1, 0.15) is 194 Å². The minimum Gasteiger partial charge on any atom is -0.462 e. The monoisotopic (exact) mass is 1000 g/mol. The Hall–Kier alpha value is -4.11. The van der Waals surface area contributed by atoms with Crippen LogP contribution in [0.5, 0.6) is 0 Å². The lowest BCUT2D eigenvalue weighted by Crippen LogP contribution is -2.29. The van der Waals surface area contributed by atoms with Crippen molar-refractivity contribution in [1.82, 2.24) is 0 Å². The molecule has 0 aliphatic rings. The third kappa shape index (κ3) is 55.1. The minimum atomic E-state index is -4.41. The highest BCUT2D eigenvalue weighted by atomic mass is 31.2. The minimum absolute atomic E-state index is 0.0366. The largest absolute Gasteiger partial charge is 0.472 e. The van der Waals surface area contributed by atoms with Crippen molar-refractivity contribution in [1.29, 1.82) is 0 Å². The molecule has 0 rings (SSSR count). The van der Waals surface area contributed by atoms with Gasteiger partial charge in [0.25, 0.3) is 0 Å². The number of phosphoric acid groups is 1. The van der Waals surface area contributed by atoms with Crippen molar-refractivity contribution >= 4 is 19.8 Å². The lowest BCUT2D eigenvalue weighted by atomic mass is 10.1. The van der Waals surface area contributed by atoms with Crippen LogP contribution in [0.25, 0.3) is 0 Å². The van der Waals surface area contributed by atoms with Crippen molar-refractivity contribution in [2.45, 2.75) is 200 Å². The normalized spacial score (nSPS) is 14.3. The fraction of sp³-hybridized carbons (Fsp3) is 0.574. The Morgan fingerprint density at radius 3 is 1.18 bits per heavy atom. The summed E-state index contributed by atoms with van der Waals surface area (Å²) in [5, 5.41) is 0. The molecule has 71 heavy (non-hydrogen) atoms. The van der Waals surface area contributed by atoms with Gasteiger partial charge >= 0.3 is 19.8 Å². The number of nitrogens with two attached hydrogens (primary N) is 1. The zero-order chi connectivity index (χ0) is 51.7. The Labute approximate surface area is 433 Å². The topological polar surface area (TPSA) is 134 Å². The van der Waals surface area contributed by atoms with E-state index in [1.54, 1.807) is 0 Å². The molecule has 0 aliphatic heterocycles. The lowest BCUT2D eigenvalue weighted by Gasteiger charge is -2.19. The van der Waals surface area contributed by atoms with Crippen molar-refractivity contribution in [2.75, 3.05) is 26.4 Å². The number of carbonyl (C=O) groups excluding carboxylic acids is 2. The molecule has 0 amide bonds. The summed E-state index contributed by atoms with van der Waals surface area (Å²) in [7, 11) is -4.41. The maximum atomic E-state index is 12.7. The first-order chi connectivity index (χ1) is 34.8. The molecule has 400 valence electrons. The lowest BCUT2D eigenvalue weighted by molar-refractivity contribution is -0.161. The van der Waals surface area contributed by atoms with E-state index in [0.29, 0.717) is 12.8 Å². The van der Waals surface area contributed by atoms with Crippen LogP contribution >= 0.6 is 7.82 Å². The molecule has 2 atom stereocenters. The van der Waals surface area contributed by atoms with Crippen LogP contribution in [0.3, 0.4) is 0 Å². The molecule has 2 unspecified atom stereocenters. The first-order valence-corrected chi connectivity index (χ1v) is 28.8. The van der Waals surface area contributed by atoms with Crippen LogP contribution in [0.4, 0.5) is 0 Å². The van der Waals surface area contributed by atoms with Gasteiger partial charge in [0.15, 0.2) is 6.10 Å². The van der Waals surface area contributed by atoms with Crippen LogP contribution in [0.15, 0.2) is 146 Å². The van der Waals surface area contributed by atoms with E-state index in [9.17, 15) is 19.0 Å². The second kappa shape index (κ2) is 55.2. The van der Waals surface area contributed by atoms with Crippen LogP contribution in [-0.2, 0) is 32.7 Å². The SMILES string of the molecule is CC/C=C\C/C=C\C/C=C\C/C=C\C/C=C\C/C=C\C/C=C\C/C=C\C/C=C\C/C=C\CCCCC(=O)OC(COC(=O)CCCCCCCCC/C=C\C/C=C\CCCCC)COP(=O)(O)OCCN. The van der Waals surface area contributed by atoms with Gasteiger partial charge < -0.3 is 20.1 Å². The number of carbonyl (C=O) groups is 2. The molecule has 0 heterocycles. The fourth-order valence-corrected chi connectivity index (χ4v) is 7.46. The van der Waals surface area contributed by atoms with Crippen molar-refractivity contribution in [2.24, 2.45) is 5.73 Å². The van der Waals surface area contributed by atoms with Gasteiger partial charge in [0.1, 0.15) is 6.61 Å². The summed E-state index contributed by atoms with van der Waals surface area (Å²) < 4.78 is 32.9. The highest BCUT2D eigenvalue weighted by Crippen LogP contribution is 2.43. The third-order valence-electron chi connectivity index (χ3n) is 10.7. The first kappa shape index (κ1) is 66.9. The van der Waals surface area contributed by atoms with Gasteiger partial charge in [-0.05, 0) is 122 Å². The number of hydrogen-bond donors (Lipinski definition) is 2. The number of ether oxygens (including phenoxy) is 2. The zero-order valence-electron chi connectivity index (χ0n) is 44.4. The first-order valence-electron chi connectivity index (χ1n) is 27.3. The summed E-state index contributed by atoms with van der Waals surface area (Å²) >= 11 is 0. The molecular formula is C61H98NO8P. The maximum absolute atomic E-state index is 12.7. The second-order valence-corrected chi connectivity index (χ2v) is 18.8. The van der Waals surface area contributed by atoms with Crippen molar-refractivity contribution in [3.63, 3.8) is 0 Å². The molecule has 0 fully saturated rings. The molecule has 0 bridgehead atoms. The van der Waals surface area contributed by atoms with E-state index in [1.807, 2.05) is 0 Å². The van der Waals surface area contributed by atoms with Crippen molar-refractivity contribution in [3.05, 3.63) is 146 Å². The van der Waals surface area contributed by atoms with Gasteiger partial charge in [-0.2, -0.15) is 0 Å². The third-order valence-corrected chi connectivity index (χ3v) is 11.7. The zero-order valence-corrected chi connectivity index (χ0v) is 45.3. The number of phosphoric ester groups is 1. The smallest absolute Gasteiger partial charge is 0.462 e. The fourth-order valence-electron chi connectivity index (χ4n) is 6.69. The average molecular weight is 1000 g/mol. The Bertz CT molecular complexity index is 1660. The molecule has 0 aromatic heterocycles. The highest BCUT2D eigenvalue weighted by Gasteiger charge is 2.26. The second-order valence-electron chi connectivity index (χ2n) is 17.4. The predicted octanol–water partition coefficient (Wildman–Crippen LogP) is 17.2. The quantitative estimate of drug-likeness (QED) is 0.0264. The number of hydrogen-bond acceptors (Lipinski definition) is 8. The van der Waals surface area contributed by atoms with E-state index < -0.39 is 32.5 Å². The summed E-state index contributed by atoms with van der Waals surface area (Å²) in [5.74, 6) is -0.901. The van der Waals surface area contributed by atoms with Gasteiger partial charge in [0, 0.05) is 19.4 Å². The van der Waals surface area contributed by atoms with Crippen molar-refractivity contribution in [3.8, 4) is 0 Å².